The lowest BCUT2D eigenvalue weighted by Gasteiger charge is -2.29. The minimum absolute atomic E-state index is 0.103. The fourth-order valence-electron chi connectivity index (χ4n) is 5.41. The number of hydroxylamine groups is 2. The molecular weight excluding hydrogens is 524 g/mol. The number of hydrogen-bond acceptors (Lipinski definition) is 5. The lowest BCUT2D eigenvalue weighted by molar-refractivity contribution is -0.193. The Hall–Kier alpha value is -2.21. The second kappa shape index (κ2) is 26.4. The summed E-state index contributed by atoms with van der Waals surface area (Å²) in [4.78, 5) is 40.4. The highest BCUT2D eigenvalue weighted by atomic mass is 16.7. The lowest BCUT2D eigenvalue weighted by atomic mass is 9.75. The monoisotopic (exact) mass is 588 g/mol. The van der Waals surface area contributed by atoms with E-state index in [1.54, 1.807) is 14.1 Å². The van der Waals surface area contributed by atoms with E-state index < -0.39 is 11.4 Å². The third-order valence-electron chi connectivity index (χ3n) is 7.95. The van der Waals surface area contributed by atoms with Crippen LogP contribution < -0.4 is 5.73 Å². The predicted octanol–water partition coefficient (Wildman–Crippen LogP) is 9.14. The SMILES string of the molecule is CCCC(CCCc1ccccc1)(C(C)=O)C(=O)ON(C)C.CCCCCCCCCCCCCCCCCC(N)=O. The second-order valence-electron chi connectivity index (χ2n) is 12.1. The van der Waals surface area contributed by atoms with Crippen LogP contribution in [-0.2, 0) is 25.6 Å². The summed E-state index contributed by atoms with van der Waals surface area (Å²) in [6.45, 7) is 5.75. The topological polar surface area (TPSA) is 89.7 Å². The van der Waals surface area contributed by atoms with E-state index in [4.69, 9.17) is 10.6 Å². The van der Waals surface area contributed by atoms with Gasteiger partial charge in [-0.05, 0) is 44.6 Å². The zero-order valence-electron chi connectivity index (χ0n) is 27.9. The minimum atomic E-state index is -1.02. The molecule has 1 aromatic carbocycles. The summed E-state index contributed by atoms with van der Waals surface area (Å²) in [5.41, 5.74) is 5.31. The normalized spacial score (nSPS) is 12.3. The molecular formula is C36H64N2O4. The highest BCUT2D eigenvalue weighted by molar-refractivity contribution is 6.02. The van der Waals surface area contributed by atoms with Crippen LogP contribution in [0.2, 0.25) is 0 Å². The van der Waals surface area contributed by atoms with Gasteiger partial charge in [0, 0.05) is 20.5 Å². The lowest BCUT2D eigenvalue weighted by Crippen LogP contribution is -2.41. The average Bonchev–Trinajstić information content (AvgIpc) is 2.95. The molecule has 6 heteroatoms. The molecule has 1 rings (SSSR count). The Kier molecular flexibility index (Phi) is 25.0. The average molecular weight is 589 g/mol. The first-order valence-electron chi connectivity index (χ1n) is 16.9. The van der Waals surface area contributed by atoms with Crippen LogP contribution in [0.4, 0.5) is 0 Å². The molecule has 42 heavy (non-hydrogen) atoms. The Morgan fingerprint density at radius 1 is 0.690 bits per heavy atom. The van der Waals surface area contributed by atoms with Gasteiger partial charge in [-0.2, -0.15) is 0 Å². The van der Waals surface area contributed by atoms with Crippen LogP contribution in [0.3, 0.4) is 0 Å². The highest BCUT2D eigenvalue weighted by Gasteiger charge is 2.44. The molecule has 0 heterocycles. The van der Waals surface area contributed by atoms with Crippen LogP contribution >= 0.6 is 0 Å². The van der Waals surface area contributed by atoms with Gasteiger partial charge in [0.25, 0.3) is 0 Å². The summed E-state index contributed by atoms with van der Waals surface area (Å²) in [6.07, 6.45) is 24.3. The molecule has 1 aromatic rings. The number of amides is 1. The Balaban J connectivity index is 0.000000805. The fraction of sp³-hybridized carbons (Fsp3) is 0.750. The van der Waals surface area contributed by atoms with E-state index in [1.807, 2.05) is 25.1 Å². The van der Waals surface area contributed by atoms with Crippen molar-refractivity contribution in [2.75, 3.05) is 14.1 Å². The van der Waals surface area contributed by atoms with Gasteiger partial charge in [-0.1, -0.05) is 140 Å². The molecule has 2 N–H and O–H groups in total. The van der Waals surface area contributed by atoms with E-state index in [9.17, 15) is 14.4 Å². The Labute approximate surface area is 258 Å². The summed E-state index contributed by atoms with van der Waals surface area (Å²) >= 11 is 0. The van der Waals surface area contributed by atoms with E-state index in [2.05, 4.69) is 19.1 Å². The number of carbonyl (C=O) groups excluding carboxylic acids is 3. The molecule has 0 radical (unpaired) electrons. The van der Waals surface area contributed by atoms with Crippen molar-refractivity contribution >= 4 is 17.7 Å². The van der Waals surface area contributed by atoms with Crippen molar-refractivity contribution in [1.29, 1.82) is 0 Å². The molecule has 0 aromatic heterocycles. The maximum absolute atomic E-state index is 12.5. The molecule has 0 aliphatic heterocycles. The van der Waals surface area contributed by atoms with Crippen LogP contribution in [0.5, 0.6) is 0 Å². The van der Waals surface area contributed by atoms with Gasteiger partial charge in [0.2, 0.25) is 5.91 Å². The number of benzene rings is 1. The number of Topliss-reactive ketones (excluding diaryl/α,β-unsaturated/α-hetero) is 1. The van der Waals surface area contributed by atoms with Gasteiger partial charge in [-0.15, -0.1) is 5.06 Å². The first-order valence-corrected chi connectivity index (χ1v) is 16.9. The summed E-state index contributed by atoms with van der Waals surface area (Å²) in [5, 5.41) is 1.35. The highest BCUT2D eigenvalue weighted by Crippen LogP contribution is 2.33. The zero-order valence-corrected chi connectivity index (χ0v) is 27.9. The number of primary amides is 1. The van der Waals surface area contributed by atoms with E-state index in [0.29, 0.717) is 19.3 Å². The smallest absolute Gasteiger partial charge is 0.338 e. The number of nitrogens with zero attached hydrogens (tertiary/aromatic N) is 1. The van der Waals surface area contributed by atoms with Crippen molar-refractivity contribution in [1.82, 2.24) is 5.06 Å². The van der Waals surface area contributed by atoms with Crippen molar-refractivity contribution in [3.8, 4) is 0 Å². The van der Waals surface area contributed by atoms with Crippen LogP contribution in [0.15, 0.2) is 30.3 Å². The zero-order chi connectivity index (χ0) is 31.5. The van der Waals surface area contributed by atoms with Gasteiger partial charge in [0.1, 0.15) is 11.2 Å². The van der Waals surface area contributed by atoms with Crippen LogP contribution in [0, 0.1) is 5.41 Å². The first kappa shape index (κ1) is 39.8. The largest absolute Gasteiger partial charge is 0.370 e. The van der Waals surface area contributed by atoms with Gasteiger partial charge in [0.15, 0.2) is 0 Å². The van der Waals surface area contributed by atoms with E-state index >= 15 is 0 Å². The van der Waals surface area contributed by atoms with E-state index in [-0.39, 0.29) is 11.7 Å². The molecule has 242 valence electrons. The Bertz CT molecular complexity index is 812. The van der Waals surface area contributed by atoms with Gasteiger partial charge in [0.05, 0.1) is 0 Å². The number of nitrogens with two attached hydrogens (primary N) is 1. The standard InChI is InChI=1S/C18H27NO3.C18H37NO/c1-5-13-18(15(2)20,17(21)22-19(3)4)14-9-12-16-10-7-6-8-11-16;1-2-3-4-5-6-7-8-9-10-11-12-13-14-15-16-17-18(19)20/h6-8,10-11H,5,9,12-14H2,1-4H3;2-17H2,1H3,(H2,19,20). The van der Waals surface area contributed by atoms with E-state index in [1.165, 1.54) is 107 Å². The number of rotatable bonds is 25. The van der Waals surface area contributed by atoms with Gasteiger partial charge >= 0.3 is 5.97 Å². The number of aryl methyl sites for hydroxylation is 1. The van der Waals surface area contributed by atoms with E-state index in [0.717, 1.165) is 25.7 Å². The van der Waals surface area contributed by atoms with Crippen molar-refractivity contribution < 1.29 is 19.2 Å². The minimum Gasteiger partial charge on any atom is -0.370 e. The summed E-state index contributed by atoms with van der Waals surface area (Å²) in [7, 11) is 3.30. The Morgan fingerprint density at radius 3 is 1.57 bits per heavy atom. The Morgan fingerprint density at radius 2 is 1.17 bits per heavy atom. The third kappa shape index (κ3) is 20.6. The molecule has 0 aliphatic carbocycles. The maximum atomic E-state index is 12.5. The van der Waals surface area contributed by atoms with Crippen molar-refractivity contribution in [3.63, 3.8) is 0 Å². The number of hydrogen-bond donors (Lipinski definition) is 1. The maximum Gasteiger partial charge on any atom is 0.338 e. The van der Waals surface area contributed by atoms with Crippen LogP contribution in [0.1, 0.15) is 155 Å². The second-order valence-corrected chi connectivity index (χ2v) is 12.1. The van der Waals surface area contributed by atoms with Crippen molar-refractivity contribution in [2.24, 2.45) is 11.1 Å². The van der Waals surface area contributed by atoms with Gasteiger partial charge in [-0.25, -0.2) is 4.79 Å². The molecule has 0 spiro atoms. The molecule has 6 nitrogen and oxygen atoms in total. The molecule has 1 unspecified atom stereocenters. The summed E-state index contributed by atoms with van der Waals surface area (Å²) in [5.74, 6) is -0.686. The molecule has 0 fully saturated rings. The predicted molar refractivity (Wildman–Crippen MR) is 176 cm³/mol. The van der Waals surface area contributed by atoms with Crippen LogP contribution in [0.25, 0.3) is 0 Å². The summed E-state index contributed by atoms with van der Waals surface area (Å²) in [6, 6.07) is 10.1. The number of carbonyl (C=O) groups is 3. The number of ketones is 1. The molecule has 0 aliphatic rings. The third-order valence-corrected chi connectivity index (χ3v) is 7.95. The van der Waals surface area contributed by atoms with Crippen LogP contribution in [-0.4, -0.2) is 36.8 Å². The quantitative estimate of drug-likeness (QED) is 0.0699. The first-order chi connectivity index (χ1) is 20.2. The van der Waals surface area contributed by atoms with Crippen molar-refractivity contribution in [2.45, 2.75) is 156 Å². The van der Waals surface area contributed by atoms with Crippen molar-refractivity contribution in [3.05, 3.63) is 35.9 Å². The fourth-order valence-corrected chi connectivity index (χ4v) is 5.41. The molecule has 0 bridgehead atoms. The number of unbranched alkanes of at least 4 members (excludes halogenated alkanes) is 14. The van der Waals surface area contributed by atoms with Gasteiger partial charge in [-0.3, -0.25) is 9.59 Å². The molecule has 1 atom stereocenters. The molecule has 0 saturated carbocycles. The molecule has 0 saturated heterocycles. The summed E-state index contributed by atoms with van der Waals surface area (Å²) < 4.78 is 0. The molecule has 1 amide bonds. The van der Waals surface area contributed by atoms with Gasteiger partial charge < -0.3 is 10.6 Å².